The van der Waals surface area contributed by atoms with Crippen molar-refractivity contribution in [3.8, 4) is 11.3 Å². The van der Waals surface area contributed by atoms with Crippen LogP contribution < -0.4 is 5.32 Å². The molecule has 0 saturated carbocycles. The average Bonchev–Trinajstić information content (AvgIpc) is 2.99. The molecule has 0 atom stereocenters. The highest BCUT2D eigenvalue weighted by molar-refractivity contribution is 7.16. The lowest BCUT2D eigenvalue weighted by Crippen LogP contribution is -2.04. The maximum Gasteiger partial charge on any atom is 0.183 e. The van der Waals surface area contributed by atoms with Gasteiger partial charge in [-0.15, -0.1) is 11.3 Å². The van der Waals surface area contributed by atoms with Crippen LogP contribution in [0.2, 0.25) is 0 Å². The normalized spacial score (nSPS) is 12.5. The Hall–Kier alpha value is -2.13. The molecule has 22 heavy (non-hydrogen) atoms. The topological polar surface area (TPSA) is 24.9 Å². The molecule has 3 heteroatoms. The van der Waals surface area contributed by atoms with Crippen LogP contribution in [-0.4, -0.2) is 11.5 Å². The zero-order chi connectivity index (χ0) is 14.8. The molecule has 1 aliphatic rings. The Morgan fingerprint density at radius 3 is 2.68 bits per heavy atom. The molecule has 0 aliphatic heterocycles. The Bertz CT molecular complexity index is 777. The molecule has 4 rings (SSSR count). The molecule has 0 bridgehead atoms. The van der Waals surface area contributed by atoms with Crippen LogP contribution in [0.15, 0.2) is 54.6 Å². The standard InChI is InChI=1S/C19H18N2S/c1-2-6-14(7-3-1)12-13-20-19-21-18-16-9-5-4-8-15(16)10-11-17(18)22-19/h1-9H,10-13H2,(H,20,21). The van der Waals surface area contributed by atoms with E-state index in [1.54, 1.807) is 0 Å². The van der Waals surface area contributed by atoms with Gasteiger partial charge in [0.2, 0.25) is 0 Å². The first-order valence-electron chi connectivity index (χ1n) is 7.76. The van der Waals surface area contributed by atoms with Crippen molar-refractivity contribution in [3.63, 3.8) is 0 Å². The van der Waals surface area contributed by atoms with Crippen LogP contribution in [0.1, 0.15) is 16.0 Å². The quantitative estimate of drug-likeness (QED) is 0.764. The van der Waals surface area contributed by atoms with Gasteiger partial charge in [0.05, 0.1) is 5.69 Å². The molecule has 2 aromatic carbocycles. The molecule has 3 aromatic rings. The Balaban J connectivity index is 1.48. The number of aryl methyl sites for hydroxylation is 2. The molecular formula is C19H18N2S. The Morgan fingerprint density at radius 2 is 1.77 bits per heavy atom. The summed E-state index contributed by atoms with van der Waals surface area (Å²) in [4.78, 5) is 6.25. The van der Waals surface area contributed by atoms with E-state index in [-0.39, 0.29) is 0 Å². The lowest BCUT2D eigenvalue weighted by atomic mass is 9.94. The van der Waals surface area contributed by atoms with Gasteiger partial charge in [-0.05, 0) is 30.4 Å². The van der Waals surface area contributed by atoms with E-state index in [0.717, 1.165) is 30.9 Å². The second-order valence-electron chi connectivity index (χ2n) is 5.61. The number of aromatic nitrogens is 1. The van der Waals surface area contributed by atoms with E-state index in [1.807, 2.05) is 11.3 Å². The minimum Gasteiger partial charge on any atom is -0.361 e. The molecule has 0 radical (unpaired) electrons. The number of hydrogen-bond donors (Lipinski definition) is 1. The average molecular weight is 306 g/mol. The number of benzene rings is 2. The minimum absolute atomic E-state index is 0.929. The number of hydrogen-bond acceptors (Lipinski definition) is 3. The zero-order valence-electron chi connectivity index (χ0n) is 12.4. The number of rotatable bonds is 4. The van der Waals surface area contributed by atoms with Crippen LogP contribution in [-0.2, 0) is 19.3 Å². The first-order chi connectivity index (χ1) is 10.9. The molecule has 0 unspecified atom stereocenters. The largest absolute Gasteiger partial charge is 0.361 e. The Morgan fingerprint density at radius 1 is 0.955 bits per heavy atom. The van der Waals surface area contributed by atoms with Crippen LogP contribution >= 0.6 is 11.3 Å². The highest BCUT2D eigenvalue weighted by Crippen LogP contribution is 2.37. The number of nitrogens with one attached hydrogen (secondary N) is 1. The van der Waals surface area contributed by atoms with Crippen molar-refractivity contribution in [2.45, 2.75) is 19.3 Å². The summed E-state index contributed by atoms with van der Waals surface area (Å²) in [5, 5.41) is 4.54. The predicted octanol–water partition coefficient (Wildman–Crippen LogP) is 4.56. The van der Waals surface area contributed by atoms with Gasteiger partial charge in [-0.3, -0.25) is 0 Å². The monoisotopic (exact) mass is 306 g/mol. The first kappa shape index (κ1) is 13.5. The fraction of sp³-hybridized carbons (Fsp3) is 0.211. The molecule has 1 aromatic heterocycles. The predicted molar refractivity (Wildman–Crippen MR) is 93.6 cm³/mol. The van der Waals surface area contributed by atoms with Crippen molar-refractivity contribution in [2.75, 3.05) is 11.9 Å². The maximum atomic E-state index is 4.83. The second-order valence-corrected chi connectivity index (χ2v) is 6.69. The van der Waals surface area contributed by atoms with E-state index in [4.69, 9.17) is 4.98 Å². The van der Waals surface area contributed by atoms with E-state index >= 15 is 0 Å². The summed E-state index contributed by atoms with van der Waals surface area (Å²) in [6.45, 7) is 0.929. The van der Waals surface area contributed by atoms with Crippen molar-refractivity contribution in [3.05, 3.63) is 70.6 Å². The van der Waals surface area contributed by atoms with E-state index < -0.39 is 0 Å². The lowest BCUT2D eigenvalue weighted by molar-refractivity contribution is 0.954. The molecule has 2 nitrogen and oxygen atoms in total. The number of fused-ring (bicyclic) bond motifs is 3. The summed E-state index contributed by atoms with van der Waals surface area (Å²) < 4.78 is 0. The van der Waals surface area contributed by atoms with Crippen LogP contribution in [0.4, 0.5) is 5.13 Å². The molecule has 0 fully saturated rings. The zero-order valence-corrected chi connectivity index (χ0v) is 13.2. The van der Waals surface area contributed by atoms with Gasteiger partial charge >= 0.3 is 0 Å². The van der Waals surface area contributed by atoms with Gasteiger partial charge in [-0.2, -0.15) is 0 Å². The van der Waals surface area contributed by atoms with E-state index in [0.29, 0.717) is 0 Å². The van der Waals surface area contributed by atoms with Crippen LogP contribution in [0.5, 0.6) is 0 Å². The molecule has 1 aliphatic carbocycles. The van der Waals surface area contributed by atoms with Crippen molar-refractivity contribution in [1.29, 1.82) is 0 Å². The summed E-state index contributed by atoms with van der Waals surface area (Å²) >= 11 is 1.81. The van der Waals surface area contributed by atoms with Crippen molar-refractivity contribution in [1.82, 2.24) is 4.98 Å². The summed E-state index contributed by atoms with van der Waals surface area (Å²) in [7, 11) is 0. The van der Waals surface area contributed by atoms with Gasteiger partial charge in [0.25, 0.3) is 0 Å². The third-order valence-corrected chi connectivity index (χ3v) is 5.20. The van der Waals surface area contributed by atoms with E-state index in [2.05, 4.69) is 59.9 Å². The number of nitrogens with zero attached hydrogens (tertiary/aromatic N) is 1. The fourth-order valence-electron chi connectivity index (χ4n) is 2.98. The van der Waals surface area contributed by atoms with Gasteiger partial charge in [0.15, 0.2) is 5.13 Å². The third-order valence-electron chi connectivity index (χ3n) is 4.12. The fourth-order valence-corrected chi connectivity index (χ4v) is 3.98. The number of thiazole rings is 1. The van der Waals surface area contributed by atoms with Crippen molar-refractivity contribution >= 4 is 16.5 Å². The van der Waals surface area contributed by atoms with Gasteiger partial charge in [0, 0.05) is 17.0 Å². The van der Waals surface area contributed by atoms with E-state index in [1.165, 1.54) is 27.3 Å². The molecule has 0 saturated heterocycles. The highest BCUT2D eigenvalue weighted by Gasteiger charge is 2.20. The summed E-state index contributed by atoms with van der Waals surface area (Å²) in [5.74, 6) is 0. The van der Waals surface area contributed by atoms with Crippen molar-refractivity contribution < 1.29 is 0 Å². The van der Waals surface area contributed by atoms with Gasteiger partial charge in [-0.1, -0.05) is 54.6 Å². The van der Waals surface area contributed by atoms with Gasteiger partial charge in [-0.25, -0.2) is 4.98 Å². The number of anilines is 1. The van der Waals surface area contributed by atoms with E-state index in [9.17, 15) is 0 Å². The lowest BCUT2D eigenvalue weighted by Gasteiger charge is -2.13. The summed E-state index contributed by atoms with van der Waals surface area (Å²) in [6.07, 6.45) is 3.28. The smallest absolute Gasteiger partial charge is 0.183 e. The van der Waals surface area contributed by atoms with Crippen LogP contribution in [0, 0.1) is 0 Å². The highest BCUT2D eigenvalue weighted by atomic mass is 32.1. The first-order valence-corrected chi connectivity index (χ1v) is 8.57. The van der Waals surface area contributed by atoms with Gasteiger partial charge < -0.3 is 5.32 Å². The SMILES string of the molecule is c1ccc(CCNc2nc3c(s2)CCc2ccccc2-3)cc1. The Kier molecular flexibility index (Phi) is 3.65. The van der Waals surface area contributed by atoms with Crippen LogP contribution in [0.25, 0.3) is 11.3 Å². The third kappa shape index (κ3) is 2.64. The van der Waals surface area contributed by atoms with Crippen molar-refractivity contribution in [2.24, 2.45) is 0 Å². The molecule has 1 heterocycles. The van der Waals surface area contributed by atoms with Crippen LogP contribution in [0.3, 0.4) is 0 Å². The molecule has 110 valence electrons. The molecular weight excluding hydrogens is 288 g/mol. The summed E-state index contributed by atoms with van der Waals surface area (Å²) in [5.41, 5.74) is 5.29. The minimum atomic E-state index is 0.929. The molecule has 0 amide bonds. The Labute approximate surface area is 134 Å². The summed E-state index contributed by atoms with van der Waals surface area (Å²) in [6, 6.07) is 19.2. The maximum absolute atomic E-state index is 4.83. The molecule has 0 spiro atoms. The molecule has 1 N–H and O–H groups in total. The second kappa shape index (κ2) is 5.93. The van der Waals surface area contributed by atoms with Gasteiger partial charge in [0.1, 0.15) is 0 Å².